The van der Waals surface area contributed by atoms with Crippen LogP contribution in [0.3, 0.4) is 0 Å². The van der Waals surface area contributed by atoms with Gasteiger partial charge in [-0.2, -0.15) is 0 Å². The number of benzene rings is 2. The number of hydrogen-bond acceptors (Lipinski definition) is 3. The van der Waals surface area contributed by atoms with Gasteiger partial charge in [0.05, 0.1) is 6.04 Å². The Morgan fingerprint density at radius 2 is 1.92 bits per heavy atom. The van der Waals surface area contributed by atoms with E-state index in [0.717, 1.165) is 11.1 Å². The van der Waals surface area contributed by atoms with Gasteiger partial charge in [-0.25, -0.2) is 4.39 Å². The topological polar surface area (TPSA) is 43.8 Å². The number of rotatable bonds is 3. The second kappa shape index (κ2) is 7.17. The Balaban J connectivity index is 1.88. The summed E-state index contributed by atoms with van der Waals surface area (Å²) >= 11 is 0. The maximum atomic E-state index is 13.6. The quantitative estimate of drug-likeness (QED) is 0.920. The van der Waals surface area contributed by atoms with Gasteiger partial charge < -0.3 is 14.9 Å². The van der Waals surface area contributed by atoms with E-state index >= 15 is 0 Å². The average molecular weight is 356 g/mol. The maximum absolute atomic E-state index is 13.6. The fourth-order valence-electron chi connectivity index (χ4n) is 3.76. The van der Waals surface area contributed by atoms with Crippen LogP contribution in [0.4, 0.5) is 4.39 Å². The molecule has 4 nitrogen and oxygen atoms in total. The summed E-state index contributed by atoms with van der Waals surface area (Å²) in [6.45, 7) is 2.61. The molecule has 0 bridgehead atoms. The Hall–Kier alpha value is -2.24. The molecule has 0 saturated carbocycles. The van der Waals surface area contributed by atoms with E-state index in [-0.39, 0.29) is 11.9 Å². The fourth-order valence-corrected chi connectivity index (χ4v) is 3.76. The van der Waals surface area contributed by atoms with Crippen molar-refractivity contribution in [2.24, 2.45) is 0 Å². The molecule has 2 atom stereocenters. The number of amides is 1. The number of likely N-dealkylation sites (N-methyl/N-ethyl adjacent to an activating group) is 1. The molecule has 2 aromatic rings. The lowest BCUT2D eigenvalue weighted by atomic mass is 9.79. The van der Waals surface area contributed by atoms with Gasteiger partial charge in [0.1, 0.15) is 11.4 Å². The van der Waals surface area contributed by atoms with Crippen molar-refractivity contribution >= 4 is 5.91 Å². The molecule has 1 saturated heterocycles. The Bertz CT molecular complexity index is 794. The summed E-state index contributed by atoms with van der Waals surface area (Å²) in [5, 5.41) is 11.4. The first-order valence-electron chi connectivity index (χ1n) is 8.82. The van der Waals surface area contributed by atoms with Gasteiger partial charge >= 0.3 is 0 Å². The third-order valence-corrected chi connectivity index (χ3v) is 5.32. The van der Waals surface area contributed by atoms with Gasteiger partial charge in [-0.15, -0.1) is 0 Å². The molecule has 1 aliphatic heterocycles. The molecule has 1 N–H and O–H groups in total. The predicted molar refractivity (Wildman–Crippen MR) is 99.5 cm³/mol. The molecule has 0 spiro atoms. The van der Waals surface area contributed by atoms with Crippen molar-refractivity contribution in [3.8, 4) is 0 Å². The van der Waals surface area contributed by atoms with Crippen LogP contribution in [0.25, 0.3) is 0 Å². The normalized spacial score (nSPS) is 23.3. The van der Waals surface area contributed by atoms with Crippen LogP contribution in [0.15, 0.2) is 48.5 Å². The SMILES string of the molecule is Cc1ccc(F)cc1C(=O)N1CC[C@](O)(c2ccccc2)[C@H](N(C)C)C1. The monoisotopic (exact) mass is 356 g/mol. The highest BCUT2D eigenvalue weighted by Gasteiger charge is 2.45. The molecule has 1 heterocycles. The van der Waals surface area contributed by atoms with E-state index in [1.807, 2.05) is 49.3 Å². The van der Waals surface area contributed by atoms with Crippen LogP contribution in [0, 0.1) is 12.7 Å². The van der Waals surface area contributed by atoms with E-state index in [1.54, 1.807) is 17.9 Å². The first-order chi connectivity index (χ1) is 12.3. The van der Waals surface area contributed by atoms with Crippen molar-refractivity contribution in [1.82, 2.24) is 9.80 Å². The number of halogens is 1. The van der Waals surface area contributed by atoms with Crippen LogP contribution >= 0.6 is 0 Å². The number of piperidine rings is 1. The number of hydrogen-bond donors (Lipinski definition) is 1. The summed E-state index contributed by atoms with van der Waals surface area (Å²) < 4.78 is 13.6. The average Bonchev–Trinajstić information content (AvgIpc) is 2.64. The summed E-state index contributed by atoms with van der Waals surface area (Å²) in [7, 11) is 3.81. The zero-order chi connectivity index (χ0) is 18.9. The lowest BCUT2D eigenvalue weighted by Gasteiger charge is -2.47. The summed E-state index contributed by atoms with van der Waals surface area (Å²) in [4.78, 5) is 16.6. The van der Waals surface area contributed by atoms with Crippen molar-refractivity contribution in [3.63, 3.8) is 0 Å². The van der Waals surface area contributed by atoms with Crippen molar-refractivity contribution in [2.75, 3.05) is 27.2 Å². The number of nitrogens with zero attached hydrogens (tertiary/aromatic N) is 2. The van der Waals surface area contributed by atoms with Gasteiger partial charge in [0.25, 0.3) is 5.91 Å². The molecule has 1 aliphatic rings. The molecule has 0 aromatic heterocycles. The molecule has 0 unspecified atom stereocenters. The molecule has 138 valence electrons. The van der Waals surface area contributed by atoms with E-state index in [2.05, 4.69) is 0 Å². The minimum absolute atomic E-state index is 0.191. The third kappa shape index (κ3) is 3.37. The minimum Gasteiger partial charge on any atom is -0.383 e. The Morgan fingerprint density at radius 1 is 1.23 bits per heavy atom. The zero-order valence-corrected chi connectivity index (χ0v) is 15.4. The van der Waals surface area contributed by atoms with Crippen molar-refractivity contribution in [3.05, 3.63) is 71.0 Å². The number of carbonyl (C=O) groups is 1. The molecular weight excluding hydrogens is 331 g/mol. The van der Waals surface area contributed by atoms with E-state index in [1.165, 1.54) is 12.1 Å². The lowest BCUT2D eigenvalue weighted by Crippen LogP contribution is -2.60. The molecule has 3 rings (SSSR count). The standard InChI is InChI=1S/C21H25FN2O2/c1-15-9-10-17(22)13-18(15)20(25)24-12-11-21(26,19(14-24)23(2)3)16-7-5-4-6-8-16/h4-10,13,19,26H,11-12,14H2,1-3H3/t19-,21+/m1/s1. The number of carbonyl (C=O) groups excluding carboxylic acids is 1. The highest BCUT2D eigenvalue weighted by Crippen LogP contribution is 2.35. The van der Waals surface area contributed by atoms with Gasteiger partial charge in [0, 0.05) is 18.7 Å². The smallest absolute Gasteiger partial charge is 0.254 e. The molecule has 5 heteroatoms. The van der Waals surface area contributed by atoms with Gasteiger partial charge in [0.15, 0.2) is 0 Å². The highest BCUT2D eigenvalue weighted by atomic mass is 19.1. The maximum Gasteiger partial charge on any atom is 0.254 e. The van der Waals surface area contributed by atoms with Crippen LogP contribution in [0.5, 0.6) is 0 Å². The van der Waals surface area contributed by atoms with Crippen LogP contribution in [0.1, 0.15) is 27.9 Å². The predicted octanol–water partition coefficient (Wildman–Crippen LogP) is 2.80. The van der Waals surface area contributed by atoms with E-state index in [0.29, 0.717) is 25.1 Å². The Labute approximate surface area is 153 Å². The Kier molecular flexibility index (Phi) is 5.12. The van der Waals surface area contributed by atoms with Crippen LogP contribution in [-0.4, -0.2) is 54.0 Å². The lowest BCUT2D eigenvalue weighted by molar-refractivity contribution is -0.0810. The van der Waals surface area contributed by atoms with Gasteiger partial charge in [-0.3, -0.25) is 4.79 Å². The number of aryl methyl sites for hydroxylation is 1. The molecular formula is C21H25FN2O2. The molecule has 1 amide bonds. The van der Waals surface area contributed by atoms with Crippen LogP contribution < -0.4 is 0 Å². The van der Waals surface area contributed by atoms with E-state index in [9.17, 15) is 14.3 Å². The van der Waals surface area contributed by atoms with Gasteiger partial charge in [0.2, 0.25) is 0 Å². The van der Waals surface area contributed by atoms with Crippen LogP contribution in [0.2, 0.25) is 0 Å². The molecule has 0 aliphatic carbocycles. The zero-order valence-electron chi connectivity index (χ0n) is 15.4. The second-order valence-electron chi connectivity index (χ2n) is 7.23. The summed E-state index contributed by atoms with van der Waals surface area (Å²) in [6, 6.07) is 13.6. The Morgan fingerprint density at radius 3 is 2.58 bits per heavy atom. The third-order valence-electron chi connectivity index (χ3n) is 5.32. The summed E-state index contributed by atoms with van der Waals surface area (Å²) in [5.41, 5.74) is 0.959. The first-order valence-corrected chi connectivity index (χ1v) is 8.82. The first kappa shape index (κ1) is 18.5. The molecule has 2 aromatic carbocycles. The largest absolute Gasteiger partial charge is 0.383 e. The van der Waals surface area contributed by atoms with Crippen molar-refractivity contribution < 1.29 is 14.3 Å². The van der Waals surface area contributed by atoms with Crippen LogP contribution in [-0.2, 0) is 5.60 Å². The van der Waals surface area contributed by atoms with E-state index < -0.39 is 11.4 Å². The van der Waals surface area contributed by atoms with Crippen molar-refractivity contribution in [1.29, 1.82) is 0 Å². The molecule has 0 radical (unpaired) electrons. The number of aliphatic hydroxyl groups is 1. The highest BCUT2D eigenvalue weighted by molar-refractivity contribution is 5.95. The van der Waals surface area contributed by atoms with E-state index in [4.69, 9.17) is 0 Å². The molecule has 26 heavy (non-hydrogen) atoms. The minimum atomic E-state index is -1.03. The number of likely N-dealkylation sites (tertiary alicyclic amines) is 1. The second-order valence-corrected chi connectivity index (χ2v) is 7.23. The summed E-state index contributed by atoms with van der Waals surface area (Å²) in [6.07, 6.45) is 0.431. The van der Waals surface area contributed by atoms with Gasteiger partial charge in [-0.1, -0.05) is 36.4 Å². The van der Waals surface area contributed by atoms with Crippen molar-refractivity contribution in [2.45, 2.75) is 25.0 Å². The van der Waals surface area contributed by atoms with Gasteiger partial charge in [-0.05, 0) is 50.7 Å². The molecule has 1 fully saturated rings. The fraction of sp³-hybridized carbons (Fsp3) is 0.381. The summed E-state index contributed by atoms with van der Waals surface area (Å²) in [5.74, 6) is -0.607.